The first-order valence-corrected chi connectivity index (χ1v) is 9.29. The molecule has 1 heterocycles. The van der Waals surface area contributed by atoms with E-state index >= 15 is 0 Å². The minimum atomic E-state index is 0.125. The van der Waals surface area contributed by atoms with Crippen LogP contribution < -0.4 is 15.4 Å². The predicted octanol–water partition coefficient (Wildman–Crippen LogP) is 2.93. The normalized spacial score (nSPS) is 16.6. The number of guanidine groups is 1. The van der Waals surface area contributed by atoms with Crippen molar-refractivity contribution in [1.29, 1.82) is 0 Å². The first kappa shape index (κ1) is 19.6. The average Bonchev–Trinajstić information content (AvgIpc) is 2.63. The summed E-state index contributed by atoms with van der Waals surface area (Å²) in [5, 5.41) is 6.88. The Morgan fingerprint density at radius 3 is 2.56 bits per heavy atom. The van der Waals surface area contributed by atoms with Gasteiger partial charge in [-0.2, -0.15) is 0 Å². The largest absolute Gasteiger partial charge is 0.496 e. The standard InChI is InChI=1S/C20H34N4O/c1-16-9-10-17(18(13-16)25-5)14-22-19(21-4)23-15-20(2,3)24-11-7-6-8-12-24/h9-10,13H,6-8,11-12,14-15H2,1-5H3,(H2,21,22,23). The van der Waals surface area contributed by atoms with E-state index in [-0.39, 0.29) is 5.54 Å². The summed E-state index contributed by atoms with van der Waals surface area (Å²) in [7, 11) is 3.53. The van der Waals surface area contributed by atoms with Gasteiger partial charge in [-0.25, -0.2) is 0 Å². The number of ether oxygens (including phenoxy) is 1. The van der Waals surface area contributed by atoms with Gasteiger partial charge in [-0.1, -0.05) is 18.6 Å². The van der Waals surface area contributed by atoms with E-state index in [0.29, 0.717) is 6.54 Å². The molecule has 0 spiro atoms. The molecule has 1 aromatic carbocycles. The molecule has 140 valence electrons. The van der Waals surface area contributed by atoms with Gasteiger partial charge >= 0.3 is 0 Å². The second kappa shape index (κ2) is 9.09. The maximum atomic E-state index is 5.48. The molecule has 1 fully saturated rings. The number of nitrogens with one attached hydrogen (secondary N) is 2. The van der Waals surface area contributed by atoms with Crippen molar-refractivity contribution < 1.29 is 4.74 Å². The van der Waals surface area contributed by atoms with Crippen LogP contribution in [0.25, 0.3) is 0 Å². The number of hydrogen-bond donors (Lipinski definition) is 2. The van der Waals surface area contributed by atoms with Gasteiger partial charge in [0.05, 0.1) is 7.11 Å². The molecule has 0 amide bonds. The molecule has 5 nitrogen and oxygen atoms in total. The monoisotopic (exact) mass is 346 g/mol. The molecule has 5 heteroatoms. The van der Waals surface area contributed by atoms with Crippen LogP contribution in [-0.4, -0.2) is 50.2 Å². The van der Waals surface area contributed by atoms with Gasteiger partial charge in [0.25, 0.3) is 0 Å². The molecule has 1 aliphatic rings. The van der Waals surface area contributed by atoms with E-state index in [4.69, 9.17) is 4.74 Å². The van der Waals surface area contributed by atoms with E-state index in [2.05, 4.69) is 59.5 Å². The van der Waals surface area contributed by atoms with Gasteiger partial charge in [0, 0.05) is 31.2 Å². The third kappa shape index (κ3) is 5.63. The predicted molar refractivity (Wildman–Crippen MR) is 105 cm³/mol. The molecule has 0 saturated carbocycles. The van der Waals surface area contributed by atoms with Crippen LogP contribution in [0.5, 0.6) is 5.75 Å². The van der Waals surface area contributed by atoms with Crippen LogP contribution >= 0.6 is 0 Å². The molecule has 0 radical (unpaired) electrons. The first-order valence-electron chi connectivity index (χ1n) is 9.29. The second-order valence-electron chi connectivity index (χ2n) is 7.45. The Hall–Kier alpha value is -1.75. The van der Waals surface area contributed by atoms with Gasteiger partial charge in [-0.15, -0.1) is 0 Å². The summed E-state index contributed by atoms with van der Waals surface area (Å²) in [4.78, 5) is 6.94. The Labute approximate surface area is 152 Å². The first-order chi connectivity index (χ1) is 12.0. The van der Waals surface area contributed by atoms with E-state index < -0.39 is 0 Å². The van der Waals surface area contributed by atoms with Crippen LogP contribution in [-0.2, 0) is 6.54 Å². The SMILES string of the molecule is CN=C(NCc1ccc(C)cc1OC)NCC(C)(C)N1CCCCC1. The lowest BCUT2D eigenvalue weighted by molar-refractivity contribution is 0.0982. The Bertz CT molecular complexity index is 577. The summed E-state index contributed by atoms with van der Waals surface area (Å²) in [6, 6.07) is 6.27. The van der Waals surface area contributed by atoms with Crippen LogP contribution in [0, 0.1) is 6.92 Å². The summed E-state index contributed by atoms with van der Waals surface area (Å²) in [6.45, 7) is 10.6. The fourth-order valence-electron chi connectivity index (χ4n) is 3.31. The molecule has 25 heavy (non-hydrogen) atoms. The van der Waals surface area contributed by atoms with E-state index in [1.807, 2.05) is 7.05 Å². The summed E-state index contributed by atoms with van der Waals surface area (Å²) in [5.41, 5.74) is 2.46. The van der Waals surface area contributed by atoms with Crippen molar-refractivity contribution in [3.8, 4) is 5.75 Å². The van der Waals surface area contributed by atoms with Crippen molar-refractivity contribution in [1.82, 2.24) is 15.5 Å². The highest BCUT2D eigenvalue weighted by Crippen LogP contribution is 2.20. The Morgan fingerprint density at radius 1 is 1.20 bits per heavy atom. The van der Waals surface area contributed by atoms with Crippen molar-refractivity contribution in [2.45, 2.75) is 52.1 Å². The lowest BCUT2D eigenvalue weighted by Gasteiger charge is -2.41. The zero-order valence-corrected chi connectivity index (χ0v) is 16.5. The van der Waals surface area contributed by atoms with Gasteiger partial charge in [0.1, 0.15) is 5.75 Å². The van der Waals surface area contributed by atoms with Crippen molar-refractivity contribution in [3.05, 3.63) is 29.3 Å². The Balaban J connectivity index is 1.88. The second-order valence-corrected chi connectivity index (χ2v) is 7.45. The highest BCUT2D eigenvalue weighted by molar-refractivity contribution is 5.79. The average molecular weight is 347 g/mol. The maximum absolute atomic E-state index is 5.48. The lowest BCUT2D eigenvalue weighted by Crippen LogP contribution is -2.54. The smallest absolute Gasteiger partial charge is 0.191 e. The number of hydrogen-bond acceptors (Lipinski definition) is 3. The van der Waals surface area contributed by atoms with Crippen molar-refractivity contribution in [2.24, 2.45) is 4.99 Å². The van der Waals surface area contributed by atoms with Gasteiger partial charge in [0.15, 0.2) is 5.96 Å². The molecule has 0 atom stereocenters. The summed E-state index contributed by atoms with van der Waals surface area (Å²) in [5.74, 6) is 1.74. The van der Waals surface area contributed by atoms with E-state index in [0.717, 1.165) is 23.8 Å². The topological polar surface area (TPSA) is 48.9 Å². The lowest BCUT2D eigenvalue weighted by atomic mass is 9.98. The quantitative estimate of drug-likeness (QED) is 0.614. The molecule has 2 N–H and O–H groups in total. The minimum absolute atomic E-state index is 0.125. The van der Waals surface area contributed by atoms with E-state index in [9.17, 15) is 0 Å². The maximum Gasteiger partial charge on any atom is 0.191 e. The number of likely N-dealkylation sites (tertiary alicyclic amines) is 1. The molecular formula is C20H34N4O. The number of aliphatic imine (C=N–C) groups is 1. The highest BCUT2D eigenvalue weighted by Gasteiger charge is 2.27. The number of aryl methyl sites for hydroxylation is 1. The number of methoxy groups -OCH3 is 1. The summed E-state index contributed by atoms with van der Waals surface area (Å²) >= 11 is 0. The molecule has 2 rings (SSSR count). The van der Waals surface area contributed by atoms with Gasteiger partial charge in [-0.3, -0.25) is 9.89 Å². The third-order valence-corrected chi connectivity index (χ3v) is 5.01. The Kier molecular flexibility index (Phi) is 7.12. The zero-order chi connectivity index (χ0) is 18.3. The minimum Gasteiger partial charge on any atom is -0.496 e. The Morgan fingerprint density at radius 2 is 1.92 bits per heavy atom. The van der Waals surface area contributed by atoms with Crippen LogP contribution in [0.1, 0.15) is 44.2 Å². The number of rotatable bonds is 6. The molecular weight excluding hydrogens is 312 g/mol. The molecule has 1 aromatic rings. The van der Waals surface area contributed by atoms with Crippen LogP contribution in [0.4, 0.5) is 0 Å². The molecule has 0 aromatic heterocycles. The summed E-state index contributed by atoms with van der Waals surface area (Å²) in [6.07, 6.45) is 3.98. The molecule has 0 aliphatic carbocycles. The van der Waals surface area contributed by atoms with Crippen LogP contribution in [0.2, 0.25) is 0 Å². The van der Waals surface area contributed by atoms with Crippen molar-refractivity contribution in [3.63, 3.8) is 0 Å². The molecule has 0 unspecified atom stereocenters. The van der Waals surface area contributed by atoms with Crippen LogP contribution in [0.15, 0.2) is 23.2 Å². The van der Waals surface area contributed by atoms with Crippen molar-refractivity contribution >= 4 is 5.96 Å². The molecule has 1 aliphatic heterocycles. The van der Waals surface area contributed by atoms with Crippen molar-refractivity contribution in [2.75, 3.05) is 33.8 Å². The third-order valence-electron chi connectivity index (χ3n) is 5.01. The fraction of sp³-hybridized carbons (Fsp3) is 0.650. The number of nitrogens with zero attached hydrogens (tertiary/aromatic N) is 2. The van der Waals surface area contributed by atoms with E-state index in [1.54, 1.807) is 7.11 Å². The molecule has 0 bridgehead atoms. The van der Waals surface area contributed by atoms with Gasteiger partial charge in [-0.05, 0) is 58.3 Å². The summed E-state index contributed by atoms with van der Waals surface area (Å²) < 4.78 is 5.48. The molecule has 1 saturated heterocycles. The van der Waals surface area contributed by atoms with E-state index in [1.165, 1.54) is 37.9 Å². The fourth-order valence-corrected chi connectivity index (χ4v) is 3.31. The number of piperidine rings is 1. The number of benzene rings is 1. The zero-order valence-electron chi connectivity index (χ0n) is 16.5. The highest BCUT2D eigenvalue weighted by atomic mass is 16.5. The van der Waals surface area contributed by atoms with Crippen LogP contribution in [0.3, 0.4) is 0 Å². The van der Waals surface area contributed by atoms with Gasteiger partial charge in [0.2, 0.25) is 0 Å². The van der Waals surface area contributed by atoms with Gasteiger partial charge < -0.3 is 15.4 Å².